The van der Waals surface area contributed by atoms with Crippen LogP contribution in [0.3, 0.4) is 0 Å². The van der Waals surface area contributed by atoms with Crippen molar-refractivity contribution in [2.75, 3.05) is 34.3 Å². The predicted octanol–water partition coefficient (Wildman–Crippen LogP) is 2.75. The second kappa shape index (κ2) is 6.71. The highest BCUT2D eigenvalue weighted by atomic mass is 16.5. The van der Waals surface area contributed by atoms with Crippen molar-refractivity contribution in [3.63, 3.8) is 0 Å². The summed E-state index contributed by atoms with van der Waals surface area (Å²) in [5.41, 5.74) is 1.90. The van der Waals surface area contributed by atoms with E-state index in [0.717, 1.165) is 17.4 Å². The van der Waals surface area contributed by atoms with Gasteiger partial charge in [0, 0.05) is 0 Å². The largest absolute Gasteiger partial charge is 0.456 e. The summed E-state index contributed by atoms with van der Waals surface area (Å²) in [6, 6.07) is 7.73. The van der Waals surface area contributed by atoms with Crippen molar-refractivity contribution >= 4 is 5.97 Å². The fraction of sp³-hybridized carbons (Fsp3) is 0.562. The highest BCUT2D eigenvalue weighted by Crippen LogP contribution is 2.10. The minimum absolute atomic E-state index is 0.232. The van der Waals surface area contributed by atoms with Gasteiger partial charge in [0.1, 0.15) is 13.2 Å². The molecule has 0 saturated carbocycles. The smallest absolute Gasteiger partial charge is 0.338 e. The number of likely N-dealkylation sites (N-methyl/N-ethyl adjacent to an activating group) is 1. The van der Waals surface area contributed by atoms with Gasteiger partial charge in [-0.2, -0.15) is 0 Å². The summed E-state index contributed by atoms with van der Waals surface area (Å²) in [5.74, 6) is 0.395. The van der Waals surface area contributed by atoms with Crippen LogP contribution < -0.4 is 0 Å². The lowest BCUT2D eigenvalue weighted by Gasteiger charge is -2.23. The summed E-state index contributed by atoms with van der Waals surface area (Å²) in [7, 11) is 6.23. The Hall–Kier alpha value is -1.35. The molecule has 0 fully saturated rings. The van der Waals surface area contributed by atoms with Gasteiger partial charge in [0.2, 0.25) is 0 Å². The molecule has 106 valence electrons. The third-order valence-electron chi connectivity index (χ3n) is 2.83. The molecule has 1 aromatic rings. The van der Waals surface area contributed by atoms with Crippen LogP contribution in [-0.4, -0.2) is 44.7 Å². The lowest BCUT2D eigenvalue weighted by Crippen LogP contribution is -2.38. The molecular weight excluding hydrogens is 238 g/mol. The summed E-state index contributed by atoms with van der Waals surface area (Å²) in [6.07, 6.45) is 1.04. The molecule has 3 heteroatoms. The van der Waals surface area contributed by atoms with Gasteiger partial charge in [-0.3, -0.25) is 0 Å². The summed E-state index contributed by atoms with van der Waals surface area (Å²) < 4.78 is 6.06. The first-order valence-corrected chi connectivity index (χ1v) is 6.84. The molecule has 1 aromatic carbocycles. The van der Waals surface area contributed by atoms with Crippen LogP contribution >= 0.6 is 0 Å². The summed E-state index contributed by atoms with van der Waals surface area (Å²) >= 11 is 0. The summed E-state index contributed by atoms with van der Waals surface area (Å²) in [4.78, 5) is 11.8. The molecule has 0 bridgehead atoms. The zero-order valence-corrected chi connectivity index (χ0v) is 12.8. The van der Waals surface area contributed by atoms with E-state index in [2.05, 4.69) is 35.0 Å². The van der Waals surface area contributed by atoms with Gasteiger partial charge in [0.05, 0.1) is 26.7 Å². The zero-order chi connectivity index (χ0) is 14.5. The van der Waals surface area contributed by atoms with Crippen LogP contribution in [0.5, 0.6) is 0 Å². The Morgan fingerprint density at radius 1 is 1.16 bits per heavy atom. The van der Waals surface area contributed by atoms with Crippen LogP contribution in [0.2, 0.25) is 0 Å². The van der Waals surface area contributed by atoms with Crippen LogP contribution in [0.15, 0.2) is 24.3 Å². The number of carbonyl (C=O) groups is 1. The number of quaternary nitrogens is 1. The maximum atomic E-state index is 11.8. The van der Waals surface area contributed by atoms with E-state index in [4.69, 9.17) is 4.74 Å². The minimum Gasteiger partial charge on any atom is -0.456 e. The van der Waals surface area contributed by atoms with Crippen LogP contribution in [0.25, 0.3) is 0 Å². The molecule has 0 spiro atoms. The van der Waals surface area contributed by atoms with Crippen LogP contribution in [-0.2, 0) is 11.2 Å². The monoisotopic (exact) mass is 264 g/mol. The Bertz CT molecular complexity index is 402. The Kier molecular flexibility index (Phi) is 5.55. The average Bonchev–Trinajstić information content (AvgIpc) is 2.27. The predicted molar refractivity (Wildman–Crippen MR) is 78.2 cm³/mol. The van der Waals surface area contributed by atoms with E-state index in [0.29, 0.717) is 18.1 Å². The SMILES string of the molecule is CC(C)Cc1ccc(C(=O)OCC[N+](C)(C)C)cc1. The van der Waals surface area contributed by atoms with Gasteiger partial charge in [-0.25, -0.2) is 4.79 Å². The highest BCUT2D eigenvalue weighted by molar-refractivity contribution is 5.89. The molecule has 1 rings (SSSR count). The van der Waals surface area contributed by atoms with Gasteiger partial charge >= 0.3 is 5.97 Å². The average molecular weight is 264 g/mol. The first-order valence-electron chi connectivity index (χ1n) is 6.84. The number of ether oxygens (including phenoxy) is 1. The lowest BCUT2D eigenvalue weighted by atomic mass is 10.0. The second-order valence-corrected chi connectivity index (χ2v) is 6.44. The Labute approximate surface area is 116 Å². The molecule has 0 aromatic heterocycles. The normalized spacial score (nSPS) is 11.7. The molecule has 0 heterocycles. The molecule has 0 aliphatic heterocycles. The number of carbonyl (C=O) groups excluding carboxylic acids is 1. The Morgan fingerprint density at radius 3 is 2.21 bits per heavy atom. The van der Waals surface area contributed by atoms with Crippen LogP contribution in [0.1, 0.15) is 29.8 Å². The molecule has 0 amide bonds. The maximum Gasteiger partial charge on any atom is 0.338 e. The van der Waals surface area contributed by atoms with Crippen molar-refractivity contribution in [1.29, 1.82) is 0 Å². The van der Waals surface area contributed by atoms with Crippen molar-refractivity contribution in [2.45, 2.75) is 20.3 Å². The second-order valence-electron chi connectivity index (χ2n) is 6.44. The highest BCUT2D eigenvalue weighted by Gasteiger charge is 2.11. The molecular formula is C16H26NO2+. The standard InChI is InChI=1S/C16H26NO2/c1-13(2)12-14-6-8-15(9-7-14)16(18)19-11-10-17(3,4)5/h6-9,13H,10-12H2,1-5H3/q+1. The van der Waals surface area contributed by atoms with Crippen molar-refractivity contribution < 1.29 is 14.0 Å². The van der Waals surface area contributed by atoms with Crippen molar-refractivity contribution in [1.82, 2.24) is 0 Å². The molecule has 0 aliphatic carbocycles. The Balaban J connectivity index is 2.49. The number of hydrogen-bond acceptors (Lipinski definition) is 2. The number of hydrogen-bond donors (Lipinski definition) is 0. The number of benzene rings is 1. The maximum absolute atomic E-state index is 11.8. The van der Waals surface area contributed by atoms with Crippen LogP contribution in [0.4, 0.5) is 0 Å². The molecule has 19 heavy (non-hydrogen) atoms. The summed E-state index contributed by atoms with van der Waals surface area (Å²) in [5, 5.41) is 0. The zero-order valence-electron chi connectivity index (χ0n) is 12.8. The van der Waals surface area contributed by atoms with Gasteiger partial charge in [-0.15, -0.1) is 0 Å². The molecule has 3 nitrogen and oxygen atoms in total. The van der Waals surface area contributed by atoms with E-state index in [-0.39, 0.29) is 5.97 Å². The van der Waals surface area contributed by atoms with Gasteiger partial charge in [0.15, 0.2) is 0 Å². The lowest BCUT2D eigenvalue weighted by molar-refractivity contribution is -0.870. The quantitative estimate of drug-likeness (QED) is 0.583. The molecule has 0 aliphatic rings. The van der Waals surface area contributed by atoms with Crippen LogP contribution in [0, 0.1) is 5.92 Å². The van der Waals surface area contributed by atoms with E-state index in [1.165, 1.54) is 5.56 Å². The van der Waals surface area contributed by atoms with E-state index in [9.17, 15) is 4.79 Å². The minimum atomic E-state index is -0.232. The van der Waals surface area contributed by atoms with Crippen molar-refractivity contribution in [3.05, 3.63) is 35.4 Å². The van der Waals surface area contributed by atoms with Gasteiger partial charge in [-0.1, -0.05) is 26.0 Å². The molecule has 0 saturated heterocycles. The van der Waals surface area contributed by atoms with Crippen molar-refractivity contribution in [3.8, 4) is 0 Å². The third-order valence-corrected chi connectivity index (χ3v) is 2.83. The Morgan fingerprint density at radius 2 is 1.74 bits per heavy atom. The fourth-order valence-corrected chi connectivity index (χ4v) is 1.74. The number of nitrogens with zero attached hydrogens (tertiary/aromatic N) is 1. The first kappa shape index (κ1) is 15.7. The third kappa shape index (κ3) is 6.39. The number of rotatable bonds is 6. The molecule has 0 N–H and O–H groups in total. The van der Waals surface area contributed by atoms with E-state index in [1.54, 1.807) is 0 Å². The molecule has 0 unspecified atom stereocenters. The molecule has 0 atom stereocenters. The topological polar surface area (TPSA) is 26.3 Å². The number of esters is 1. The van der Waals surface area contributed by atoms with Crippen molar-refractivity contribution in [2.24, 2.45) is 5.92 Å². The fourth-order valence-electron chi connectivity index (χ4n) is 1.74. The van der Waals surface area contributed by atoms with Gasteiger partial charge < -0.3 is 9.22 Å². The van der Waals surface area contributed by atoms with Gasteiger partial charge in [0.25, 0.3) is 0 Å². The van der Waals surface area contributed by atoms with E-state index < -0.39 is 0 Å². The first-order chi connectivity index (χ1) is 8.78. The van der Waals surface area contributed by atoms with E-state index >= 15 is 0 Å². The summed E-state index contributed by atoms with van der Waals surface area (Å²) in [6.45, 7) is 5.65. The molecule has 0 radical (unpaired) electrons. The van der Waals surface area contributed by atoms with Gasteiger partial charge in [-0.05, 0) is 30.0 Å². The van der Waals surface area contributed by atoms with E-state index in [1.807, 2.05) is 24.3 Å².